The molecule has 0 aliphatic carbocycles. The summed E-state index contributed by atoms with van der Waals surface area (Å²) in [6.45, 7) is 1.05. The van der Waals surface area contributed by atoms with Gasteiger partial charge in [0, 0.05) is 36.0 Å². The van der Waals surface area contributed by atoms with Gasteiger partial charge < -0.3 is 10.1 Å². The molecule has 0 atom stereocenters. The molecule has 0 radical (unpaired) electrons. The molecule has 5 nitrogen and oxygen atoms in total. The normalized spacial score (nSPS) is 11.4. The Hall–Kier alpha value is -3.21. The van der Waals surface area contributed by atoms with Gasteiger partial charge in [-0.25, -0.2) is 8.78 Å². The molecule has 0 spiro atoms. The third kappa shape index (κ3) is 5.08. The first-order chi connectivity index (χ1) is 15.4. The Morgan fingerprint density at radius 3 is 2.42 bits per heavy atom. The van der Waals surface area contributed by atoms with Crippen molar-refractivity contribution >= 4 is 21.8 Å². The molecule has 1 aromatic heterocycles. The fourth-order valence-corrected chi connectivity index (χ4v) is 3.53. The van der Waals surface area contributed by atoms with Gasteiger partial charge in [-0.2, -0.15) is 13.2 Å². The average molecular weight is 531 g/mol. The number of benzene rings is 2. The number of nitrogens with zero attached hydrogens (tertiary/aromatic N) is 1. The van der Waals surface area contributed by atoms with Gasteiger partial charge in [-0.05, 0) is 53.2 Å². The molecule has 0 aliphatic heterocycles. The smallest absolute Gasteiger partial charge is 0.418 e. The number of aryl methyl sites for hydroxylation is 1. The lowest BCUT2D eigenvalue weighted by atomic mass is 10.1. The maximum Gasteiger partial charge on any atom is 0.418 e. The zero-order valence-electron chi connectivity index (χ0n) is 17.2. The molecule has 0 aliphatic rings. The molecular formula is C22H16BrF5N2O3. The molecular weight excluding hydrogens is 515 g/mol. The number of carbonyl (C=O) groups excluding carboxylic acids is 1. The molecule has 3 aromatic rings. The van der Waals surface area contributed by atoms with Crippen molar-refractivity contribution in [2.75, 3.05) is 7.05 Å². The van der Waals surface area contributed by atoms with Gasteiger partial charge in [0.05, 0.1) is 11.3 Å². The standard InChI is InChI=1S/C22H16BrF5N2O3/c1-11-7-18(33-10-13-3-5-14(24)9-16(13)25)19(23)21(32)30(11)17-6-4-12(20(31)29-2)8-15(17)22(26,27)28/h3-9H,10H2,1-2H3,(H,29,31). The van der Waals surface area contributed by atoms with Gasteiger partial charge in [-0.3, -0.25) is 14.2 Å². The van der Waals surface area contributed by atoms with Crippen LogP contribution in [0.1, 0.15) is 27.2 Å². The first-order valence-corrected chi connectivity index (χ1v) is 10.2. The van der Waals surface area contributed by atoms with Crippen molar-refractivity contribution in [3.63, 3.8) is 0 Å². The Balaban J connectivity index is 2.06. The van der Waals surface area contributed by atoms with E-state index in [-0.39, 0.29) is 33.6 Å². The largest absolute Gasteiger partial charge is 0.487 e. The molecule has 0 bridgehead atoms. The molecule has 11 heteroatoms. The number of halogens is 6. The number of pyridine rings is 1. The minimum Gasteiger partial charge on any atom is -0.487 e. The topological polar surface area (TPSA) is 60.3 Å². The fraction of sp³-hybridized carbons (Fsp3) is 0.182. The highest BCUT2D eigenvalue weighted by molar-refractivity contribution is 9.10. The Morgan fingerprint density at radius 2 is 1.82 bits per heavy atom. The van der Waals surface area contributed by atoms with Crippen LogP contribution in [0, 0.1) is 18.6 Å². The van der Waals surface area contributed by atoms with Gasteiger partial charge in [0.15, 0.2) is 0 Å². The molecule has 1 N–H and O–H groups in total. The number of amides is 1. The molecule has 0 fully saturated rings. The number of carbonyl (C=O) groups is 1. The van der Waals surface area contributed by atoms with Crippen LogP contribution in [-0.2, 0) is 12.8 Å². The number of nitrogens with one attached hydrogen (secondary N) is 1. The van der Waals surface area contributed by atoms with E-state index in [2.05, 4.69) is 21.2 Å². The Labute approximate surface area is 192 Å². The van der Waals surface area contributed by atoms with Crippen LogP contribution in [0.3, 0.4) is 0 Å². The lowest BCUT2D eigenvalue weighted by molar-refractivity contribution is -0.137. The van der Waals surface area contributed by atoms with Gasteiger partial charge in [-0.15, -0.1) is 0 Å². The molecule has 3 rings (SSSR count). The van der Waals surface area contributed by atoms with Crippen LogP contribution in [0.2, 0.25) is 0 Å². The van der Waals surface area contributed by atoms with E-state index in [1.54, 1.807) is 0 Å². The first-order valence-electron chi connectivity index (χ1n) is 9.36. The molecule has 1 heterocycles. The summed E-state index contributed by atoms with van der Waals surface area (Å²) in [6.07, 6.45) is -4.85. The van der Waals surface area contributed by atoms with Gasteiger partial charge in [0.1, 0.15) is 28.5 Å². The van der Waals surface area contributed by atoms with E-state index in [0.717, 1.165) is 16.7 Å². The summed E-state index contributed by atoms with van der Waals surface area (Å²) in [5, 5.41) is 2.25. The van der Waals surface area contributed by atoms with Gasteiger partial charge in [0.2, 0.25) is 0 Å². The van der Waals surface area contributed by atoms with E-state index in [1.165, 1.54) is 32.2 Å². The third-order valence-electron chi connectivity index (χ3n) is 4.73. The van der Waals surface area contributed by atoms with Crippen LogP contribution in [0.15, 0.2) is 51.7 Å². The van der Waals surface area contributed by atoms with Crippen molar-refractivity contribution in [2.24, 2.45) is 0 Å². The highest BCUT2D eigenvalue weighted by Gasteiger charge is 2.35. The average Bonchev–Trinajstić information content (AvgIpc) is 2.75. The van der Waals surface area contributed by atoms with E-state index >= 15 is 0 Å². The van der Waals surface area contributed by atoms with Crippen LogP contribution in [0.5, 0.6) is 5.75 Å². The van der Waals surface area contributed by atoms with E-state index in [1.807, 2.05) is 0 Å². The predicted octanol–water partition coefficient (Wildman–Crippen LogP) is 5.14. The molecule has 174 valence electrons. The van der Waals surface area contributed by atoms with Crippen molar-refractivity contribution in [1.29, 1.82) is 0 Å². The number of ether oxygens (including phenoxy) is 1. The second-order valence-corrected chi connectivity index (χ2v) is 7.73. The monoisotopic (exact) mass is 530 g/mol. The first kappa shape index (κ1) is 24.4. The Kier molecular flexibility index (Phi) is 6.92. The SMILES string of the molecule is CNC(=O)c1ccc(-n2c(C)cc(OCc3ccc(F)cc3F)c(Br)c2=O)c(C(F)(F)F)c1. The van der Waals surface area contributed by atoms with Crippen LogP contribution in [0.4, 0.5) is 22.0 Å². The number of alkyl halides is 3. The summed E-state index contributed by atoms with van der Waals surface area (Å²) in [5.41, 5.74) is -2.62. The lowest BCUT2D eigenvalue weighted by Gasteiger charge is -2.19. The van der Waals surface area contributed by atoms with E-state index < -0.39 is 40.5 Å². The Morgan fingerprint density at radius 1 is 1.12 bits per heavy atom. The minimum atomic E-state index is -4.85. The Bertz CT molecular complexity index is 1290. The van der Waals surface area contributed by atoms with Crippen molar-refractivity contribution in [3.05, 3.63) is 91.3 Å². The quantitative estimate of drug-likeness (QED) is 0.464. The van der Waals surface area contributed by atoms with Gasteiger partial charge in [-0.1, -0.05) is 0 Å². The molecule has 33 heavy (non-hydrogen) atoms. The van der Waals surface area contributed by atoms with Crippen molar-refractivity contribution in [3.8, 4) is 11.4 Å². The second kappa shape index (κ2) is 9.34. The van der Waals surface area contributed by atoms with E-state index in [9.17, 15) is 31.5 Å². The highest BCUT2D eigenvalue weighted by atomic mass is 79.9. The molecule has 0 saturated carbocycles. The molecule has 2 aromatic carbocycles. The number of rotatable bonds is 5. The predicted molar refractivity (Wildman–Crippen MR) is 114 cm³/mol. The van der Waals surface area contributed by atoms with Crippen LogP contribution < -0.4 is 15.6 Å². The fourth-order valence-electron chi connectivity index (χ4n) is 3.12. The number of hydrogen-bond donors (Lipinski definition) is 1. The van der Waals surface area contributed by atoms with Crippen LogP contribution >= 0.6 is 15.9 Å². The maximum absolute atomic E-state index is 13.8. The van der Waals surface area contributed by atoms with Crippen molar-refractivity contribution in [1.82, 2.24) is 9.88 Å². The van der Waals surface area contributed by atoms with Gasteiger partial charge in [0.25, 0.3) is 11.5 Å². The molecule has 0 unspecified atom stereocenters. The van der Waals surface area contributed by atoms with E-state index in [4.69, 9.17) is 4.74 Å². The second-order valence-electron chi connectivity index (χ2n) is 6.94. The summed E-state index contributed by atoms with van der Waals surface area (Å²) in [4.78, 5) is 24.7. The summed E-state index contributed by atoms with van der Waals surface area (Å²) >= 11 is 3.03. The summed E-state index contributed by atoms with van der Waals surface area (Å²) < 4.78 is 74.2. The van der Waals surface area contributed by atoms with Crippen LogP contribution in [0.25, 0.3) is 5.69 Å². The van der Waals surface area contributed by atoms with Gasteiger partial charge >= 0.3 is 6.18 Å². The number of aromatic nitrogens is 1. The highest BCUT2D eigenvalue weighted by Crippen LogP contribution is 2.35. The molecule has 1 amide bonds. The zero-order chi connectivity index (χ0) is 24.5. The number of hydrogen-bond acceptors (Lipinski definition) is 3. The maximum atomic E-state index is 13.8. The van der Waals surface area contributed by atoms with E-state index in [0.29, 0.717) is 12.1 Å². The summed E-state index contributed by atoms with van der Waals surface area (Å²) in [7, 11) is 1.28. The lowest BCUT2D eigenvalue weighted by Crippen LogP contribution is -2.26. The summed E-state index contributed by atoms with van der Waals surface area (Å²) in [6, 6.07) is 7.07. The zero-order valence-corrected chi connectivity index (χ0v) is 18.8. The van der Waals surface area contributed by atoms with Crippen molar-refractivity contribution < 1.29 is 31.5 Å². The summed E-state index contributed by atoms with van der Waals surface area (Å²) in [5.74, 6) is -2.36. The third-order valence-corrected chi connectivity index (χ3v) is 5.46. The van der Waals surface area contributed by atoms with Crippen LogP contribution in [-0.4, -0.2) is 17.5 Å². The molecule has 0 saturated heterocycles. The van der Waals surface area contributed by atoms with Crippen molar-refractivity contribution in [2.45, 2.75) is 19.7 Å². The minimum absolute atomic E-state index is 0.0225.